The van der Waals surface area contributed by atoms with E-state index in [9.17, 15) is 4.79 Å². The molecule has 0 radical (unpaired) electrons. The van der Waals surface area contributed by atoms with Crippen molar-refractivity contribution in [3.8, 4) is 5.75 Å². The Hall–Kier alpha value is -2.69. The van der Waals surface area contributed by atoms with E-state index >= 15 is 0 Å². The zero-order chi connectivity index (χ0) is 17.3. The van der Waals surface area contributed by atoms with Gasteiger partial charge in [-0.3, -0.25) is 4.90 Å². The summed E-state index contributed by atoms with van der Waals surface area (Å²) >= 11 is 0. The van der Waals surface area contributed by atoms with Crippen LogP contribution in [0.1, 0.15) is 26.3 Å². The molecule has 126 valence electrons. The highest BCUT2D eigenvalue weighted by molar-refractivity contribution is 5.91. The van der Waals surface area contributed by atoms with E-state index in [-0.39, 0.29) is 6.09 Å². The van der Waals surface area contributed by atoms with Crippen molar-refractivity contribution >= 4 is 23.2 Å². The first-order valence-corrected chi connectivity index (χ1v) is 8.02. The van der Waals surface area contributed by atoms with Gasteiger partial charge < -0.3 is 14.8 Å². The molecule has 3 rings (SSSR count). The van der Waals surface area contributed by atoms with Crippen LogP contribution < -0.4 is 15.0 Å². The van der Waals surface area contributed by atoms with Gasteiger partial charge in [-0.25, -0.2) is 4.79 Å². The van der Waals surface area contributed by atoms with E-state index in [1.807, 2.05) is 63.2 Å². The maximum absolute atomic E-state index is 11.9. The van der Waals surface area contributed by atoms with Crippen LogP contribution in [0.5, 0.6) is 5.75 Å². The van der Waals surface area contributed by atoms with Gasteiger partial charge in [-0.1, -0.05) is 0 Å². The van der Waals surface area contributed by atoms with Gasteiger partial charge in [0.15, 0.2) is 0 Å². The first kappa shape index (κ1) is 16.2. The Balaban J connectivity index is 1.87. The number of benzene rings is 2. The van der Waals surface area contributed by atoms with Crippen molar-refractivity contribution in [3.05, 3.63) is 48.0 Å². The Kier molecular flexibility index (Phi) is 4.09. The molecule has 0 spiro atoms. The van der Waals surface area contributed by atoms with Gasteiger partial charge in [0.05, 0.1) is 12.3 Å². The molecule has 2 aromatic carbocycles. The maximum Gasteiger partial charge on any atom is 0.414 e. The van der Waals surface area contributed by atoms with E-state index in [1.54, 1.807) is 7.05 Å². The Labute approximate surface area is 142 Å². The summed E-state index contributed by atoms with van der Waals surface area (Å²) in [5.74, 6) is 0.850. The standard InChI is InChI=1S/C19H22N2O3/c1-5-23-15-9-6-13(7-10-15)20-14-8-11-17-16(12-14)19(2,3)24-18(22)21(17)4/h6-12,20H,5H2,1-4H3. The van der Waals surface area contributed by atoms with Crippen LogP contribution in [0.25, 0.3) is 0 Å². The number of amides is 1. The average Bonchev–Trinajstić information content (AvgIpc) is 2.55. The number of anilines is 3. The summed E-state index contributed by atoms with van der Waals surface area (Å²) in [6, 6.07) is 13.7. The highest BCUT2D eigenvalue weighted by Crippen LogP contribution is 2.39. The summed E-state index contributed by atoms with van der Waals surface area (Å²) < 4.78 is 11.0. The van der Waals surface area contributed by atoms with Crippen LogP contribution in [0.2, 0.25) is 0 Å². The van der Waals surface area contributed by atoms with Crippen LogP contribution in [-0.4, -0.2) is 19.7 Å². The van der Waals surface area contributed by atoms with Gasteiger partial charge in [-0.15, -0.1) is 0 Å². The summed E-state index contributed by atoms with van der Waals surface area (Å²) in [5, 5.41) is 3.37. The Bertz CT molecular complexity index is 754. The van der Waals surface area contributed by atoms with E-state index in [0.29, 0.717) is 6.61 Å². The number of hydrogen-bond donors (Lipinski definition) is 1. The van der Waals surface area contributed by atoms with Crippen molar-refractivity contribution in [1.82, 2.24) is 0 Å². The molecular formula is C19H22N2O3. The third-order valence-corrected chi connectivity index (χ3v) is 4.08. The Morgan fingerprint density at radius 3 is 2.46 bits per heavy atom. The predicted molar refractivity (Wildman–Crippen MR) is 95.2 cm³/mol. The molecule has 0 unspecified atom stereocenters. The molecule has 0 saturated heterocycles. The van der Waals surface area contributed by atoms with Crippen molar-refractivity contribution in [2.75, 3.05) is 23.9 Å². The third kappa shape index (κ3) is 3.02. The molecule has 1 N–H and O–H groups in total. The SMILES string of the molecule is CCOc1ccc(Nc2ccc3c(c2)C(C)(C)OC(=O)N3C)cc1. The summed E-state index contributed by atoms with van der Waals surface area (Å²) in [5.41, 5.74) is 3.10. The second-order valence-corrected chi connectivity index (χ2v) is 6.25. The molecule has 24 heavy (non-hydrogen) atoms. The van der Waals surface area contributed by atoms with Gasteiger partial charge >= 0.3 is 6.09 Å². The number of rotatable bonds is 4. The highest BCUT2D eigenvalue weighted by atomic mass is 16.6. The quantitative estimate of drug-likeness (QED) is 0.888. The lowest BCUT2D eigenvalue weighted by Crippen LogP contribution is -2.41. The molecule has 1 heterocycles. The molecule has 0 fully saturated rings. The average molecular weight is 326 g/mol. The zero-order valence-corrected chi connectivity index (χ0v) is 14.4. The fourth-order valence-electron chi connectivity index (χ4n) is 2.80. The van der Waals surface area contributed by atoms with Crippen LogP contribution in [0, 0.1) is 0 Å². The number of carbonyl (C=O) groups excluding carboxylic acids is 1. The normalized spacial score (nSPS) is 15.5. The number of nitrogens with one attached hydrogen (secondary N) is 1. The number of hydrogen-bond acceptors (Lipinski definition) is 4. The molecule has 0 atom stereocenters. The minimum atomic E-state index is -0.657. The fraction of sp³-hybridized carbons (Fsp3) is 0.316. The van der Waals surface area contributed by atoms with Gasteiger partial charge in [0.2, 0.25) is 0 Å². The molecule has 0 aliphatic carbocycles. The van der Waals surface area contributed by atoms with E-state index in [0.717, 1.165) is 28.4 Å². The minimum absolute atomic E-state index is 0.334. The molecule has 1 amide bonds. The number of carbonyl (C=O) groups is 1. The highest BCUT2D eigenvalue weighted by Gasteiger charge is 2.36. The van der Waals surface area contributed by atoms with Gasteiger partial charge in [-0.05, 0) is 63.2 Å². The van der Waals surface area contributed by atoms with Gasteiger partial charge in [0.1, 0.15) is 11.4 Å². The lowest BCUT2D eigenvalue weighted by molar-refractivity contribution is 0.0362. The summed E-state index contributed by atoms with van der Waals surface area (Å²) in [6.45, 7) is 6.42. The Morgan fingerprint density at radius 2 is 1.79 bits per heavy atom. The molecule has 0 bridgehead atoms. The predicted octanol–water partition coefficient (Wildman–Crippen LogP) is 4.65. The largest absolute Gasteiger partial charge is 0.494 e. The van der Waals surface area contributed by atoms with E-state index in [2.05, 4.69) is 5.32 Å². The van der Waals surface area contributed by atoms with Gasteiger partial charge in [-0.2, -0.15) is 0 Å². The van der Waals surface area contributed by atoms with Crippen LogP contribution in [0.4, 0.5) is 21.9 Å². The number of cyclic esters (lactones) is 1. The lowest BCUT2D eigenvalue weighted by atomic mass is 9.93. The first-order chi connectivity index (χ1) is 11.4. The molecule has 2 aromatic rings. The lowest BCUT2D eigenvalue weighted by Gasteiger charge is -2.37. The van der Waals surface area contributed by atoms with Crippen LogP contribution >= 0.6 is 0 Å². The topological polar surface area (TPSA) is 50.8 Å². The zero-order valence-electron chi connectivity index (χ0n) is 14.4. The van der Waals surface area contributed by atoms with E-state index in [1.165, 1.54) is 4.90 Å². The van der Waals surface area contributed by atoms with Gasteiger partial charge in [0, 0.05) is 24.0 Å². The molecule has 5 nitrogen and oxygen atoms in total. The second kappa shape index (κ2) is 6.07. The van der Waals surface area contributed by atoms with Crippen molar-refractivity contribution < 1.29 is 14.3 Å². The van der Waals surface area contributed by atoms with Gasteiger partial charge in [0.25, 0.3) is 0 Å². The van der Waals surface area contributed by atoms with E-state index in [4.69, 9.17) is 9.47 Å². The van der Waals surface area contributed by atoms with Crippen molar-refractivity contribution in [2.24, 2.45) is 0 Å². The second-order valence-electron chi connectivity index (χ2n) is 6.25. The Morgan fingerprint density at radius 1 is 1.12 bits per heavy atom. The summed E-state index contributed by atoms with van der Waals surface area (Å²) in [7, 11) is 1.72. The molecule has 0 saturated carbocycles. The monoisotopic (exact) mass is 326 g/mol. The summed E-state index contributed by atoms with van der Waals surface area (Å²) in [6.07, 6.45) is -0.334. The van der Waals surface area contributed by atoms with Crippen molar-refractivity contribution in [2.45, 2.75) is 26.4 Å². The van der Waals surface area contributed by atoms with Crippen LogP contribution in [-0.2, 0) is 10.3 Å². The fourth-order valence-corrected chi connectivity index (χ4v) is 2.80. The summed E-state index contributed by atoms with van der Waals surface area (Å²) in [4.78, 5) is 13.4. The van der Waals surface area contributed by atoms with E-state index < -0.39 is 5.60 Å². The van der Waals surface area contributed by atoms with Crippen molar-refractivity contribution in [3.63, 3.8) is 0 Å². The van der Waals surface area contributed by atoms with Crippen LogP contribution in [0.15, 0.2) is 42.5 Å². The minimum Gasteiger partial charge on any atom is -0.494 e. The van der Waals surface area contributed by atoms with Crippen molar-refractivity contribution in [1.29, 1.82) is 0 Å². The van der Waals surface area contributed by atoms with Crippen LogP contribution in [0.3, 0.4) is 0 Å². The number of ether oxygens (including phenoxy) is 2. The first-order valence-electron chi connectivity index (χ1n) is 8.02. The molecular weight excluding hydrogens is 304 g/mol. The molecule has 0 aromatic heterocycles. The molecule has 1 aliphatic rings. The smallest absolute Gasteiger partial charge is 0.414 e. The third-order valence-electron chi connectivity index (χ3n) is 4.08. The molecule has 5 heteroatoms. The number of nitrogens with zero attached hydrogens (tertiary/aromatic N) is 1. The number of fused-ring (bicyclic) bond motifs is 1. The molecule has 1 aliphatic heterocycles. The maximum atomic E-state index is 11.9.